The molecule has 2 heteroatoms. The van der Waals surface area contributed by atoms with Crippen molar-refractivity contribution in [3.8, 4) is 0 Å². The number of halogens is 1. The van der Waals surface area contributed by atoms with E-state index in [0.29, 0.717) is 5.54 Å². The molecule has 0 aromatic heterocycles. The average Bonchev–Trinajstić information content (AvgIpc) is 2.17. The molecule has 0 saturated carbocycles. The van der Waals surface area contributed by atoms with Crippen LogP contribution in [0, 0.1) is 5.92 Å². The standard InChI is InChI=1S/C14H20BrN/c1-11(2)9-14(7-8-16-14)10-12-5-3-4-6-13(12)15/h3-6,11,16H,7-10H2,1-2H3. The summed E-state index contributed by atoms with van der Waals surface area (Å²) in [5, 5.41) is 3.65. The van der Waals surface area contributed by atoms with Crippen LogP contribution in [-0.4, -0.2) is 12.1 Å². The molecule has 0 spiro atoms. The minimum Gasteiger partial charge on any atom is -0.311 e. The fourth-order valence-corrected chi connectivity index (χ4v) is 3.09. The number of hydrogen-bond donors (Lipinski definition) is 1. The van der Waals surface area contributed by atoms with E-state index >= 15 is 0 Å². The molecule has 1 N–H and O–H groups in total. The van der Waals surface area contributed by atoms with Crippen LogP contribution in [0.2, 0.25) is 0 Å². The van der Waals surface area contributed by atoms with E-state index in [0.717, 1.165) is 12.3 Å². The Morgan fingerprint density at radius 3 is 2.56 bits per heavy atom. The van der Waals surface area contributed by atoms with Gasteiger partial charge in [-0.15, -0.1) is 0 Å². The monoisotopic (exact) mass is 281 g/mol. The third kappa shape index (κ3) is 2.67. The number of nitrogens with one attached hydrogen (secondary N) is 1. The molecule has 1 aromatic rings. The van der Waals surface area contributed by atoms with Crippen LogP contribution in [0.5, 0.6) is 0 Å². The zero-order valence-corrected chi connectivity index (χ0v) is 11.7. The van der Waals surface area contributed by atoms with Gasteiger partial charge in [0.15, 0.2) is 0 Å². The van der Waals surface area contributed by atoms with Crippen LogP contribution >= 0.6 is 15.9 Å². The van der Waals surface area contributed by atoms with E-state index in [1.165, 1.54) is 29.4 Å². The highest BCUT2D eigenvalue weighted by molar-refractivity contribution is 9.10. The molecule has 1 aliphatic heterocycles. The quantitative estimate of drug-likeness (QED) is 0.886. The van der Waals surface area contributed by atoms with Crippen molar-refractivity contribution in [2.45, 2.75) is 38.6 Å². The van der Waals surface area contributed by atoms with Crippen molar-refractivity contribution in [2.75, 3.05) is 6.54 Å². The normalized spacial score (nSPS) is 24.5. The predicted octanol–water partition coefficient (Wildman–Crippen LogP) is 3.77. The summed E-state index contributed by atoms with van der Waals surface area (Å²) in [5.41, 5.74) is 1.79. The highest BCUT2D eigenvalue weighted by Gasteiger charge is 2.37. The van der Waals surface area contributed by atoms with Crippen molar-refractivity contribution in [2.24, 2.45) is 5.92 Å². The Morgan fingerprint density at radius 2 is 2.06 bits per heavy atom. The van der Waals surface area contributed by atoms with Crippen molar-refractivity contribution < 1.29 is 0 Å². The molecule has 16 heavy (non-hydrogen) atoms. The predicted molar refractivity (Wildman–Crippen MR) is 72.7 cm³/mol. The van der Waals surface area contributed by atoms with Crippen LogP contribution < -0.4 is 5.32 Å². The van der Waals surface area contributed by atoms with Crippen molar-refractivity contribution >= 4 is 15.9 Å². The molecule has 0 aliphatic carbocycles. The number of benzene rings is 1. The van der Waals surface area contributed by atoms with Gasteiger partial charge >= 0.3 is 0 Å². The highest BCUT2D eigenvalue weighted by atomic mass is 79.9. The van der Waals surface area contributed by atoms with E-state index in [4.69, 9.17) is 0 Å². The van der Waals surface area contributed by atoms with Crippen LogP contribution in [0.25, 0.3) is 0 Å². The van der Waals surface area contributed by atoms with Crippen LogP contribution in [-0.2, 0) is 6.42 Å². The first-order valence-electron chi connectivity index (χ1n) is 6.10. The summed E-state index contributed by atoms with van der Waals surface area (Å²) >= 11 is 3.64. The van der Waals surface area contributed by atoms with Crippen molar-refractivity contribution in [1.29, 1.82) is 0 Å². The zero-order chi connectivity index (χ0) is 11.6. The van der Waals surface area contributed by atoms with Crippen molar-refractivity contribution in [3.63, 3.8) is 0 Å². The first-order valence-corrected chi connectivity index (χ1v) is 6.89. The van der Waals surface area contributed by atoms with Gasteiger partial charge in [0, 0.05) is 10.0 Å². The molecule has 1 unspecified atom stereocenters. The molecule has 2 rings (SSSR count). The first kappa shape index (κ1) is 12.1. The molecule has 1 aromatic carbocycles. The second kappa shape index (κ2) is 4.89. The largest absolute Gasteiger partial charge is 0.311 e. The fraction of sp³-hybridized carbons (Fsp3) is 0.571. The maximum atomic E-state index is 3.65. The molecule has 1 heterocycles. The summed E-state index contributed by atoms with van der Waals surface area (Å²) in [5.74, 6) is 0.760. The lowest BCUT2D eigenvalue weighted by Crippen LogP contribution is -2.59. The van der Waals surface area contributed by atoms with Crippen molar-refractivity contribution in [1.82, 2.24) is 5.32 Å². The Hall–Kier alpha value is -0.340. The van der Waals surface area contributed by atoms with E-state index in [1.54, 1.807) is 0 Å². The summed E-state index contributed by atoms with van der Waals surface area (Å²) in [6, 6.07) is 8.57. The molecule has 1 saturated heterocycles. The second-order valence-corrected chi connectivity index (χ2v) is 6.18. The Balaban J connectivity index is 2.10. The number of hydrogen-bond acceptors (Lipinski definition) is 1. The van der Waals surface area contributed by atoms with E-state index in [1.807, 2.05) is 0 Å². The Kier molecular flexibility index (Phi) is 3.70. The van der Waals surface area contributed by atoms with Gasteiger partial charge in [0.2, 0.25) is 0 Å². The van der Waals surface area contributed by atoms with Gasteiger partial charge in [-0.25, -0.2) is 0 Å². The summed E-state index contributed by atoms with van der Waals surface area (Å²) in [6.45, 7) is 5.79. The third-order valence-electron chi connectivity index (χ3n) is 3.39. The fourth-order valence-electron chi connectivity index (χ4n) is 2.66. The second-order valence-electron chi connectivity index (χ2n) is 5.32. The molecule has 1 nitrogen and oxygen atoms in total. The Bertz CT molecular complexity index is 356. The molecule has 0 bridgehead atoms. The average molecular weight is 282 g/mol. The van der Waals surface area contributed by atoms with Crippen LogP contribution in [0.3, 0.4) is 0 Å². The van der Waals surface area contributed by atoms with E-state index < -0.39 is 0 Å². The summed E-state index contributed by atoms with van der Waals surface area (Å²) in [7, 11) is 0. The molecule has 1 atom stereocenters. The maximum absolute atomic E-state index is 3.65. The first-order chi connectivity index (χ1) is 7.61. The molecular formula is C14H20BrN. The minimum absolute atomic E-state index is 0.359. The molecule has 0 amide bonds. The lowest BCUT2D eigenvalue weighted by molar-refractivity contribution is 0.168. The molecule has 0 radical (unpaired) electrons. The molecular weight excluding hydrogens is 262 g/mol. The van der Waals surface area contributed by atoms with Gasteiger partial charge in [-0.05, 0) is 43.4 Å². The van der Waals surface area contributed by atoms with Gasteiger partial charge < -0.3 is 5.32 Å². The number of rotatable bonds is 4. The summed E-state index contributed by atoms with van der Waals surface area (Å²) in [4.78, 5) is 0. The maximum Gasteiger partial charge on any atom is 0.0236 e. The third-order valence-corrected chi connectivity index (χ3v) is 4.16. The lowest BCUT2D eigenvalue weighted by atomic mass is 9.76. The lowest BCUT2D eigenvalue weighted by Gasteiger charge is -2.45. The molecule has 1 fully saturated rings. The van der Waals surface area contributed by atoms with Gasteiger partial charge in [0.05, 0.1) is 0 Å². The zero-order valence-electron chi connectivity index (χ0n) is 10.1. The van der Waals surface area contributed by atoms with E-state index in [-0.39, 0.29) is 0 Å². The topological polar surface area (TPSA) is 12.0 Å². The van der Waals surface area contributed by atoms with Crippen LogP contribution in [0.1, 0.15) is 32.3 Å². The van der Waals surface area contributed by atoms with Crippen molar-refractivity contribution in [3.05, 3.63) is 34.3 Å². The van der Waals surface area contributed by atoms with Crippen LogP contribution in [0.4, 0.5) is 0 Å². The van der Waals surface area contributed by atoms with Gasteiger partial charge in [-0.3, -0.25) is 0 Å². The summed E-state index contributed by atoms with van der Waals surface area (Å²) in [6.07, 6.45) is 3.73. The van der Waals surface area contributed by atoms with Gasteiger partial charge in [-0.1, -0.05) is 48.0 Å². The summed E-state index contributed by atoms with van der Waals surface area (Å²) < 4.78 is 1.24. The SMILES string of the molecule is CC(C)CC1(Cc2ccccc2Br)CCN1. The van der Waals surface area contributed by atoms with Gasteiger partial charge in [-0.2, -0.15) is 0 Å². The molecule has 88 valence electrons. The smallest absolute Gasteiger partial charge is 0.0236 e. The van der Waals surface area contributed by atoms with E-state index in [9.17, 15) is 0 Å². The molecule has 1 aliphatic rings. The highest BCUT2D eigenvalue weighted by Crippen LogP contribution is 2.32. The Morgan fingerprint density at radius 1 is 1.38 bits per heavy atom. The van der Waals surface area contributed by atoms with Gasteiger partial charge in [0.25, 0.3) is 0 Å². The van der Waals surface area contributed by atoms with Crippen LogP contribution in [0.15, 0.2) is 28.7 Å². The Labute approximate surface area is 107 Å². The minimum atomic E-state index is 0.359. The van der Waals surface area contributed by atoms with E-state index in [2.05, 4.69) is 59.4 Å². The van der Waals surface area contributed by atoms with Gasteiger partial charge in [0.1, 0.15) is 0 Å².